The van der Waals surface area contributed by atoms with Crippen LogP contribution in [0, 0.1) is 5.92 Å². The highest BCUT2D eigenvalue weighted by Crippen LogP contribution is 2.34. The van der Waals surface area contributed by atoms with Crippen LogP contribution in [0.2, 0.25) is 0 Å². The third-order valence-electron chi connectivity index (χ3n) is 5.19. The van der Waals surface area contributed by atoms with Gasteiger partial charge in [0.1, 0.15) is 0 Å². The maximum absolute atomic E-state index is 13.1. The number of rotatable bonds is 2. The van der Waals surface area contributed by atoms with Crippen LogP contribution in [0.15, 0.2) is 24.3 Å². The van der Waals surface area contributed by atoms with Gasteiger partial charge in [-0.3, -0.25) is 9.59 Å². The van der Waals surface area contributed by atoms with Crippen molar-refractivity contribution in [3.8, 4) is 0 Å². The van der Waals surface area contributed by atoms with E-state index in [-0.39, 0.29) is 17.7 Å². The van der Waals surface area contributed by atoms with E-state index in [1.165, 1.54) is 5.56 Å². The molecular weight excluding hydrogens is 290 g/mol. The lowest BCUT2D eigenvalue weighted by molar-refractivity contribution is -0.128. The Morgan fingerprint density at radius 2 is 1.96 bits per heavy atom. The van der Waals surface area contributed by atoms with Crippen LogP contribution < -0.4 is 4.90 Å². The summed E-state index contributed by atoms with van der Waals surface area (Å²) in [6.45, 7) is 3.02. The van der Waals surface area contributed by atoms with Crippen molar-refractivity contribution in [2.45, 2.75) is 31.8 Å². The summed E-state index contributed by atoms with van der Waals surface area (Å²) in [7, 11) is 2.08. The van der Waals surface area contributed by atoms with Crippen molar-refractivity contribution in [3.05, 3.63) is 29.8 Å². The molecule has 5 nitrogen and oxygen atoms in total. The SMILES string of the molecule is CN1CCN(C(=O)C2CC(=O)N(C3CC3)C2)c2ccccc2C1. The van der Waals surface area contributed by atoms with E-state index in [0.29, 0.717) is 25.6 Å². The summed E-state index contributed by atoms with van der Waals surface area (Å²) in [5.74, 6) is 0.0925. The number of hydrogen-bond acceptors (Lipinski definition) is 3. The van der Waals surface area contributed by atoms with Gasteiger partial charge in [0.15, 0.2) is 0 Å². The number of fused-ring (bicyclic) bond motifs is 1. The fraction of sp³-hybridized carbons (Fsp3) is 0.556. The molecule has 0 bridgehead atoms. The minimum absolute atomic E-state index is 0.115. The molecule has 1 aromatic carbocycles. The number of likely N-dealkylation sites (tertiary alicyclic amines) is 1. The molecule has 1 saturated heterocycles. The Kier molecular flexibility index (Phi) is 3.60. The summed E-state index contributed by atoms with van der Waals surface area (Å²) in [5.41, 5.74) is 2.20. The van der Waals surface area contributed by atoms with Crippen molar-refractivity contribution >= 4 is 17.5 Å². The van der Waals surface area contributed by atoms with Crippen LogP contribution in [-0.4, -0.2) is 54.3 Å². The van der Waals surface area contributed by atoms with Crippen LogP contribution >= 0.6 is 0 Å². The molecule has 0 spiro atoms. The van der Waals surface area contributed by atoms with Crippen LogP contribution in [0.4, 0.5) is 5.69 Å². The lowest BCUT2D eigenvalue weighted by Gasteiger charge is -2.25. The van der Waals surface area contributed by atoms with Crippen molar-refractivity contribution in [2.75, 3.05) is 31.6 Å². The van der Waals surface area contributed by atoms with Gasteiger partial charge < -0.3 is 14.7 Å². The standard InChI is InChI=1S/C18H23N3O2/c1-19-8-9-20(16-5-3-2-4-13(16)11-19)18(23)14-10-17(22)21(12-14)15-6-7-15/h2-5,14-15H,6-12H2,1H3. The van der Waals surface area contributed by atoms with E-state index < -0.39 is 0 Å². The maximum atomic E-state index is 13.1. The molecule has 2 aliphatic heterocycles. The molecule has 122 valence electrons. The minimum atomic E-state index is -0.181. The molecule has 5 heteroatoms. The third-order valence-corrected chi connectivity index (χ3v) is 5.19. The number of likely N-dealkylation sites (N-methyl/N-ethyl adjacent to an activating group) is 1. The molecule has 0 N–H and O–H groups in total. The Morgan fingerprint density at radius 1 is 1.17 bits per heavy atom. The second-order valence-corrected chi connectivity index (χ2v) is 7.03. The summed E-state index contributed by atoms with van der Waals surface area (Å²) in [6, 6.07) is 8.54. The van der Waals surface area contributed by atoms with Gasteiger partial charge in [-0.05, 0) is 31.5 Å². The number of carbonyl (C=O) groups excluding carboxylic acids is 2. The van der Waals surface area contributed by atoms with Crippen molar-refractivity contribution in [2.24, 2.45) is 5.92 Å². The van der Waals surface area contributed by atoms with Crippen molar-refractivity contribution < 1.29 is 9.59 Å². The monoisotopic (exact) mass is 313 g/mol. The maximum Gasteiger partial charge on any atom is 0.232 e. The van der Waals surface area contributed by atoms with Crippen molar-refractivity contribution in [1.82, 2.24) is 9.80 Å². The van der Waals surface area contributed by atoms with E-state index in [2.05, 4.69) is 18.0 Å². The highest BCUT2D eigenvalue weighted by Gasteiger charge is 2.43. The number of anilines is 1. The van der Waals surface area contributed by atoms with E-state index in [4.69, 9.17) is 0 Å². The second-order valence-electron chi connectivity index (χ2n) is 7.03. The lowest BCUT2D eigenvalue weighted by Crippen LogP contribution is -2.40. The summed E-state index contributed by atoms with van der Waals surface area (Å²) in [5, 5.41) is 0. The van der Waals surface area contributed by atoms with E-state index in [1.807, 2.05) is 28.0 Å². The van der Waals surface area contributed by atoms with Gasteiger partial charge in [-0.2, -0.15) is 0 Å². The van der Waals surface area contributed by atoms with E-state index in [0.717, 1.165) is 31.6 Å². The first kappa shape index (κ1) is 14.7. The van der Waals surface area contributed by atoms with Gasteiger partial charge in [-0.25, -0.2) is 0 Å². The van der Waals surface area contributed by atoms with Gasteiger partial charge in [0.2, 0.25) is 11.8 Å². The number of amides is 2. The lowest BCUT2D eigenvalue weighted by atomic mass is 10.1. The molecule has 2 fully saturated rings. The molecule has 1 unspecified atom stereocenters. The van der Waals surface area contributed by atoms with Crippen LogP contribution in [0.3, 0.4) is 0 Å². The van der Waals surface area contributed by atoms with Gasteiger partial charge >= 0.3 is 0 Å². The molecule has 3 aliphatic rings. The highest BCUT2D eigenvalue weighted by molar-refractivity contribution is 5.99. The molecule has 2 amide bonds. The zero-order valence-electron chi connectivity index (χ0n) is 13.6. The topological polar surface area (TPSA) is 43.9 Å². The first-order chi connectivity index (χ1) is 11.1. The van der Waals surface area contributed by atoms with Crippen LogP contribution in [0.1, 0.15) is 24.8 Å². The van der Waals surface area contributed by atoms with Crippen LogP contribution in [0.5, 0.6) is 0 Å². The molecule has 1 saturated carbocycles. The molecule has 0 radical (unpaired) electrons. The molecule has 4 rings (SSSR count). The number of carbonyl (C=O) groups is 2. The Morgan fingerprint density at radius 3 is 2.74 bits per heavy atom. The molecule has 2 heterocycles. The first-order valence-corrected chi connectivity index (χ1v) is 8.51. The fourth-order valence-corrected chi connectivity index (χ4v) is 3.75. The average Bonchev–Trinajstić information content (AvgIpc) is 3.32. The Bertz CT molecular complexity index is 641. The summed E-state index contributed by atoms with van der Waals surface area (Å²) in [4.78, 5) is 31.3. The minimum Gasteiger partial charge on any atom is -0.339 e. The van der Waals surface area contributed by atoms with Crippen molar-refractivity contribution in [3.63, 3.8) is 0 Å². The Balaban J connectivity index is 1.57. The predicted molar refractivity (Wildman–Crippen MR) is 88.0 cm³/mol. The van der Waals surface area contributed by atoms with E-state index in [9.17, 15) is 9.59 Å². The summed E-state index contributed by atoms with van der Waals surface area (Å²) >= 11 is 0. The van der Waals surface area contributed by atoms with Crippen LogP contribution in [-0.2, 0) is 16.1 Å². The zero-order valence-corrected chi connectivity index (χ0v) is 13.6. The molecule has 0 aromatic heterocycles. The van der Waals surface area contributed by atoms with E-state index in [1.54, 1.807) is 0 Å². The molecule has 1 aromatic rings. The number of nitrogens with zero attached hydrogens (tertiary/aromatic N) is 3. The van der Waals surface area contributed by atoms with Gasteiger partial charge in [0.05, 0.1) is 5.92 Å². The number of benzene rings is 1. The largest absolute Gasteiger partial charge is 0.339 e. The number of para-hydroxylation sites is 1. The first-order valence-electron chi connectivity index (χ1n) is 8.51. The van der Waals surface area contributed by atoms with Gasteiger partial charge in [0.25, 0.3) is 0 Å². The molecule has 23 heavy (non-hydrogen) atoms. The molecule has 1 atom stereocenters. The third kappa shape index (κ3) is 2.74. The molecule has 1 aliphatic carbocycles. The van der Waals surface area contributed by atoms with E-state index >= 15 is 0 Å². The van der Waals surface area contributed by atoms with Crippen molar-refractivity contribution in [1.29, 1.82) is 0 Å². The second kappa shape index (κ2) is 5.64. The van der Waals surface area contributed by atoms with Gasteiger partial charge in [-0.1, -0.05) is 18.2 Å². The molecular formula is C18H23N3O2. The Hall–Kier alpha value is -1.88. The average molecular weight is 313 g/mol. The van der Waals surface area contributed by atoms with Gasteiger partial charge in [0, 0.05) is 44.3 Å². The van der Waals surface area contributed by atoms with Gasteiger partial charge in [-0.15, -0.1) is 0 Å². The summed E-state index contributed by atoms with van der Waals surface area (Å²) < 4.78 is 0. The quantitative estimate of drug-likeness (QED) is 0.830. The fourth-order valence-electron chi connectivity index (χ4n) is 3.75. The summed E-state index contributed by atoms with van der Waals surface area (Å²) in [6.07, 6.45) is 2.58. The Labute approximate surface area is 136 Å². The zero-order chi connectivity index (χ0) is 16.0. The van der Waals surface area contributed by atoms with Crippen LogP contribution in [0.25, 0.3) is 0 Å². The highest BCUT2D eigenvalue weighted by atomic mass is 16.2. The number of hydrogen-bond donors (Lipinski definition) is 0. The predicted octanol–water partition coefficient (Wildman–Crippen LogP) is 1.48. The smallest absolute Gasteiger partial charge is 0.232 e. The normalized spacial score (nSPS) is 25.4.